The second-order valence-corrected chi connectivity index (χ2v) is 6.37. The lowest BCUT2D eigenvalue weighted by molar-refractivity contribution is 0.128. The van der Waals surface area contributed by atoms with Crippen LogP contribution in [-0.4, -0.2) is 46.6 Å². The molecule has 2 rings (SSSR count). The number of anilines is 2. The minimum absolute atomic E-state index is 0.225. The highest BCUT2D eigenvalue weighted by molar-refractivity contribution is 9.10. The second kappa shape index (κ2) is 5.01. The molecule has 1 aliphatic heterocycles. The summed E-state index contributed by atoms with van der Waals surface area (Å²) >= 11 is 3.36. The lowest BCUT2D eigenvalue weighted by atomic mass is 10.1. The predicted molar refractivity (Wildman–Crippen MR) is 77.7 cm³/mol. The summed E-state index contributed by atoms with van der Waals surface area (Å²) < 4.78 is 0.739. The maximum atomic E-state index is 5.74. The van der Waals surface area contributed by atoms with Crippen LogP contribution in [0.4, 0.5) is 11.8 Å². The first-order valence-electron chi connectivity index (χ1n) is 6.16. The SMILES string of the molecule is CC(C)(C)N1CCN(c2nc(N)cc(Br)n2)CC1. The smallest absolute Gasteiger partial charge is 0.228 e. The fraction of sp³-hybridized carbons (Fsp3) is 0.667. The van der Waals surface area contributed by atoms with Crippen molar-refractivity contribution in [1.82, 2.24) is 14.9 Å². The van der Waals surface area contributed by atoms with Crippen molar-refractivity contribution in [3.8, 4) is 0 Å². The van der Waals surface area contributed by atoms with E-state index in [9.17, 15) is 0 Å². The first-order chi connectivity index (χ1) is 8.36. The molecule has 0 aromatic carbocycles. The van der Waals surface area contributed by atoms with Gasteiger partial charge in [0, 0.05) is 37.8 Å². The summed E-state index contributed by atoms with van der Waals surface area (Å²) in [5.41, 5.74) is 5.97. The third kappa shape index (κ3) is 3.11. The van der Waals surface area contributed by atoms with E-state index in [0.717, 1.165) is 36.7 Å². The molecule has 2 heterocycles. The van der Waals surface area contributed by atoms with E-state index in [4.69, 9.17) is 5.73 Å². The molecule has 0 unspecified atom stereocenters. The van der Waals surface area contributed by atoms with Crippen LogP contribution in [0.1, 0.15) is 20.8 Å². The number of hydrogen-bond donors (Lipinski definition) is 1. The number of aromatic nitrogens is 2. The lowest BCUT2D eigenvalue weighted by Gasteiger charge is -2.42. The van der Waals surface area contributed by atoms with Gasteiger partial charge in [-0.2, -0.15) is 4.98 Å². The van der Waals surface area contributed by atoms with Gasteiger partial charge in [-0.15, -0.1) is 0 Å². The zero-order valence-electron chi connectivity index (χ0n) is 11.1. The molecule has 0 atom stereocenters. The van der Waals surface area contributed by atoms with Crippen molar-refractivity contribution in [2.45, 2.75) is 26.3 Å². The molecule has 0 aliphatic carbocycles. The predicted octanol–water partition coefficient (Wildman–Crippen LogP) is 1.74. The van der Waals surface area contributed by atoms with Crippen LogP contribution in [0.3, 0.4) is 0 Å². The van der Waals surface area contributed by atoms with E-state index in [0.29, 0.717) is 5.82 Å². The van der Waals surface area contributed by atoms with Crippen molar-refractivity contribution in [2.75, 3.05) is 36.8 Å². The van der Waals surface area contributed by atoms with E-state index in [1.165, 1.54) is 0 Å². The summed E-state index contributed by atoms with van der Waals surface area (Å²) in [6.07, 6.45) is 0. The molecule has 1 fully saturated rings. The maximum absolute atomic E-state index is 5.74. The van der Waals surface area contributed by atoms with Gasteiger partial charge >= 0.3 is 0 Å². The van der Waals surface area contributed by atoms with E-state index in [1.807, 2.05) is 0 Å². The molecule has 0 radical (unpaired) electrons. The Bertz CT molecular complexity index is 401. The van der Waals surface area contributed by atoms with Gasteiger partial charge in [0.2, 0.25) is 5.95 Å². The van der Waals surface area contributed by atoms with Crippen molar-refractivity contribution in [3.63, 3.8) is 0 Å². The van der Waals surface area contributed by atoms with Gasteiger partial charge in [-0.1, -0.05) is 0 Å². The van der Waals surface area contributed by atoms with E-state index < -0.39 is 0 Å². The third-order valence-corrected chi connectivity index (χ3v) is 3.62. The van der Waals surface area contributed by atoms with Crippen LogP contribution in [0, 0.1) is 0 Å². The van der Waals surface area contributed by atoms with Gasteiger partial charge in [0.25, 0.3) is 0 Å². The molecule has 1 saturated heterocycles. The Morgan fingerprint density at radius 1 is 1.17 bits per heavy atom. The second-order valence-electron chi connectivity index (χ2n) is 5.56. The molecule has 0 spiro atoms. The van der Waals surface area contributed by atoms with Crippen molar-refractivity contribution in [3.05, 3.63) is 10.7 Å². The van der Waals surface area contributed by atoms with Gasteiger partial charge < -0.3 is 10.6 Å². The van der Waals surface area contributed by atoms with E-state index >= 15 is 0 Å². The number of rotatable bonds is 1. The van der Waals surface area contributed by atoms with Crippen LogP contribution in [0.2, 0.25) is 0 Å². The summed E-state index contributed by atoms with van der Waals surface area (Å²) in [6, 6.07) is 1.72. The number of nitrogens with two attached hydrogens (primary N) is 1. The lowest BCUT2D eigenvalue weighted by Crippen LogP contribution is -2.53. The number of nitrogens with zero attached hydrogens (tertiary/aromatic N) is 4. The van der Waals surface area contributed by atoms with Crippen molar-refractivity contribution in [2.24, 2.45) is 0 Å². The molecule has 0 bridgehead atoms. The number of nitrogen functional groups attached to an aromatic ring is 1. The molecule has 100 valence electrons. The number of piperazine rings is 1. The molecule has 1 aromatic rings. The van der Waals surface area contributed by atoms with Gasteiger partial charge in [0.1, 0.15) is 10.4 Å². The Balaban J connectivity index is 2.05. The van der Waals surface area contributed by atoms with Crippen LogP contribution in [0.15, 0.2) is 10.7 Å². The summed E-state index contributed by atoms with van der Waals surface area (Å²) in [5.74, 6) is 1.22. The van der Waals surface area contributed by atoms with Crippen molar-refractivity contribution >= 4 is 27.7 Å². The Morgan fingerprint density at radius 3 is 2.28 bits per heavy atom. The fourth-order valence-corrected chi connectivity index (χ4v) is 2.53. The molecule has 1 aromatic heterocycles. The Labute approximate surface area is 117 Å². The molecule has 0 amide bonds. The molecule has 5 nitrogen and oxygen atoms in total. The van der Waals surface area contributed by atoms with Crippen molar-refractivity contribution < 1.29 is 0 Å². The van der Waals surface area contributed by atoms with E-state index in [2.05, 4.69) is 56.5 Å². The minimum Gasteiger partial charge on any atom is -0.383 e. The zero-order valence-corrected chi connectivity index (χ0v) is 12.7. The van der Waals surface area contributed by atoms with E-state index in [-0.39, 0.29) is 5.54 Å². The normalized spacial score (nSPS) is 18.1. The highest BCUT2D eigenvalue weighted by Crippen LogP contribution is 2.20. The van der Waals surface area contributed by atoms with Gasteiger partial charge in [0.15, 0.2) is 0 Å². The van der Waals surface area contributed by atoms with Crippen LogP contribution < -0.4 is 10.6 Å². The number of halogens is 1. The first kappa shape index (κ1) is 13.5. The molecule has 0 saturated carbocycles. The standard InChI is InChI=1S/C12H20BrN5/c1-12(2,3)18-6-4-17(5-7-18)11-15-9(13)8-10(14)16-11/h8H,4-7H2,1-3H3,(H2,14,15,16). The van der Waals surface area contributed by atoms with Gasteiger partial charge in [0.05, 0.1) is 0 Å². The summed E-state index contributed by atoms with van der Waals surface area (Å²) in [7, 11) is 0. The molecule has 1 aliphatic rings. The molecule has 18 heavy (non-hydrogen) atoms. The Kier molecular flexibility index (Phi) is 3.77. The largest absolute Gasteiger partial charge is 0.383 e. The molecular weight excluding hydrogens is 294 g/mol. The van der Waals surface area contributed by atoms with Crippen LogP contribution >= 0.6 is 15.9 Å². The van der Waals surface area contributed by atoms with Gasteiger partial charge in [-0.3, -0.25) is 4.90 Å². The first-order valence-corrected chi connectivity index (χ1v) is 6.95. The average Bonchev–Trinajstić information content (AvgIpc) is 2.27. The third-order valence-electron chi connectivity index (χ3n) is 3.21. The van der Waals surface area contributed by atoms with Crippen LogP contribution in [0.25, 0.3) is 0 Å². The highest BCUT2D eigenvalue weighted by Gasteiger charge is 2.26. The quantitative estimate of drug-likeness (QED) is 0.800. The average molecular weight is 314 g/mol. The number of hydrogen-bond acceptors (Lipinski definition) is 5. The van der Waals surface area contributed by atoms with Gasteiger partial charge in [-0.05, 0) is 36.7 Å². The zero-order chi connectivity index (χ0) is 13.3. The highest BCUT2D eigenvalue weighted by atomic mass is 79.9. The minimum atomic E-state index is 0.225. The Hall–Kier alpha value is -0.880. The maximum Gasteiger partial charge on any atom is 0.228 e. The van der Waals surface area contributed by atoms with Gasteiger partial charge in [-0.25, -0.2) is 4.98 Å². The molecular formula is C12H20BrN5. The summed E-state index contributed by atoms with van der Waals surface area (Å²) in [5, 5.41) is 0. The topological polar surface area (TPSA) is 58.3 Å². The Morgan fingerprint density at radius 2 is 1.78 bits per heavy atom. The fourth-order valence-electron chi connectivity index (χ4n) is 2.14. The summed E-state index contributed by atoms with van der Waals surface area (Å²) in [6.45, 7) is 10.7. The van der Waals surface area contributed by atoms with Crippen LogP contribution in [0.5, 0.6) is 0 Å². The molecule has 2 N–H and O–H groups in total. The van der Waals surface area contributed by atoms with Crippen molar-refractivity contribution in [1.29, 1.82) is 0 Å². The summed E-state index contributed by atoms with van der Waals surface area (Å²) in [4.78, 5) is 13.3. The monoisotopic (exact) mass is 313 g/mol. The molecule has 6 heteroatoms. The van der Waals surface area contributed by atoms with E-state index in [1.54, 1.807) is 6.07 Å². The van der Waals surface area contributed by atoms with Crippen LogP contribution in [-0.2, 0) is 0 Å².